The molecule has 1 fully saturated rings. The number of ether oxygens (including phenoxy) is 1. The summed E-state index contributed by atoms with van der Waals surface area (Å²) in [6.07, 6.45) is 0. The van der Waals surface area contributed by atoms with Gasteiger partial charge in [-0.15, -0.1) is 0 Å². The van der Waals surface area contributed by atoms with Crippen LogP contribution in [-0.2, 0) is 9.59 Å². The van der Waals surface area contributed by atoms with E-state index in [1.54, 1.807) is 30.3 Å². The van der Waals surface area contributed by atoms with Gasteiger partial charge in [-0.25, -0.2) is 4.39 Å². The lowest BCUT2D eigenvalue weighted by molar-refractivity contribution is -0.132. The van der Waals surface area contributed by atoms with Gasteiger partial charge in [0.2, 0.25) is 0 Å². The number of aliphatic hydroxyl groups excluding tert-OH is 1. The molecule has 0 spiro atoms. The minimum Gasteiger partial charge on any atom is -0.507 e. The third-order valence-corrected chi connectivity index (χ3v) is 5.89. The molecule has 5 nitrogen and oxygen atoms in total. The third kappa shape index (κ3) is 3.83. The number of hydrogen-bond donors (Lipinski definition) is 1. The number of methoxy groups -OCH3 is 1. The number of Topliss-reactive ketones (excluding diaryl/α,β-unsaturated/α-hetero) is 1. The summed E-state index contributed by atoms with van der Waals surface area (Å²) < 4.78 is 19.1. The summed E-state index contributed by atoms with van der Waals surface area (Å²) in [5.74, 6) is -2.20. The van der Waals surface area contributed by atoms with Gasteiger partial charge in [0, 0.05) is 11.3 Å². The van der Waals surface area contributed by atoms with Crippen molar-refractivity contribution in [1.82, 2.24) is 0 Å². The molecule has 1 N–H and O–H groups in total. The Labute approximate surface area is 193 Å². The Balaban J connectivity index is 1.95. The fraction of sp³-hybridized carbons (Fsp3) is 0.0833. The van der Waals surface area contributed by atoms with Gasteiger partial charge in [-0.1, -0.05) is 35.3 Å². The molecule has 4 rings (SSSR count). The number of carbonyl (C=O) groups excluding carboxylic acids is 2. The van der Waals surface area contributed by atoms with Crippen LogP contribution in [0.4, 0.5) is 10.1 Å². The van der Waals surface area contributed by atoms with E-state index in [0.29, 0.717) is 16.9 Å². The monoisotopic (exact) mass is 471 g/mol. The Morgan fingerprint density at radius 2 is 1.72 bits per heavy atom. The number of carbonyl (C=O) groups is 2. The first kappa shape index (κ1) is 21.9. The van der Waals surface area contributed by atoms with Crippen LogP contribution in [0, 0.1) is 5.82 Å². The molecule has 162 valence electrons. The van der Waals surface area contributed by atoms with Crippen molar-refractivity contribution >= 4 is 46.3 Å². The van der Waals surface area contributed by atoms with Crippen molar-refractivity contribution < 1.29 is 23.8 Å². The van der Waals surface area contributed by atoms with Crippen molar-refractivity contribution in [1.29, 1.82) is 0 Å². The van der Waals surface area contributed by atoms with Gasteiger partial charge in [-0.2, -0.15) is 0 Å². The van der Waals surface area contributed by atoms with E-state index in [0.717, 1.165) is 11.0 Å². The van der Waals surface area contributed by atoms with E-state index in [2.05, 4.69) is 0 Å². The summed E-state index contributed by atoms with van der Waals surface area (Å²) in [6, 6.07) is 15.3. The Hall–Kier alpha value is -3.35. The zero-order chi connectivity index (χ0) is 23.0. The van der Waals surface area contributed by atoms with Crippen LogP contribution in [-0.4, -0.2) is 23.9 Å². The molecule has 32 heavy (non-hydrogen) atoms. The number of nitrogens with zero attached hydrogens (tertiary/aromatic N) is 1. The maximum absolute atomic E-state index is 13.9. The highest BCUT2D eigenvalue weighted by Crippen LogP contribution is 2.43. The number of hydrogen-bond acceptors (Lipinski definition) is 4. The Morgan fingerprint density at radius 3 is 2.34 bits per heavy atom. The van der Waals surface area contributed by atoms with Gasteiger partial charge in [0.1, 0.15) is 17.3 Å². The Bertz CT molecular complexity index is 1260. The van der Waals surface area contributed by atoms with E-state index in [1.807, 2.05) is 0 Å². The number of benzene rings is 3. The third-order valence-electron chi connectivity index (χ3n) is 5.15. The van der Waals surface area contributed by atoms with E-state index in [9.17, 15) is 19.1 Å². The number of rotatable bonds is 4. The topological polar surface area (TPSA) is 66.8 Å². The molecule has 3 aromatic carbocycles. The first-order valence-electron chi connectivity index (χ1n) is 9.47. The molecule has 0 bridgehead atoms. The summed E-state index contributed by atoms with van der Waals surface area (Å²) >= 11 is 12.2. The fourth-order valence-electron chi connectivity index (χ4n) is 3.63. The zero-order valence-corrected chi connectivity index (χ0v) is 18.2. The highest BCUT2D eigenvalue weighted by molar-refractivity contribution is 6.51. The van der Waals surface area contributed by atoms with E-state index < -0.39 is 23.5 Å². The average molecular weight is 472 g/mol. The number of ketones is 1. The molecule has 0 aromatic heterocycles. The van der Waals surface area contributed by atoms with Crippen LogP contribution in [0.5, 0.6) is 5.75 Å². The number of halogens is 3. The standard InChI is InChI=1S/C24H16Cl2FNO4/c1-32-17-8-5-13(6-9-17)22(29)20-21(14-7-10-18(25)19(26)11-14)28(24(31)23(20)30)16-4-2-3-15(27)12-16/h2-12,21,29H,1H3/b22-20-. The fourth-order valence-corrected chi connectivity index (χ4v) is 3.93. The van der Waals surface area contributed by atoms with Gasteiger partial charge in [-0.3, -0.25) is 14.5 Å². The lowest BCUT2D eigenvalue weighted by atomic mass is 9.95. The highest BCUT2D eigenvalue weighted by atomic mass is 35.5. The Morgan fingerprint density at radius 1 is 1.00 bits per heavy atom. The normalized spacial score (nSPS) is 17.6. The summed E-state index contributed by atoms with van der Waals surface area (Å²) in [6.45, 7) is 0. The van der Waals surface area contributed by atoms with Crippen LogP contribution in [0.25, 0.3) is 5.76 Å². The van der Waals surface area contributed by atoms with Crippen molar-refractivity contribution in [2.45, 2.75) is 6.04 Å². The second-order valence-electron chi connectivity index (χ2n) is 7.05. The smallest absolute Gasteiger partial charge is 0.300 e. The summed E-state index contributed by atoms with van der Waals surface area (Å²) in [5.41, 5.74) is 0.755. The van der Waals surface area contributed by atoms with Crippen molar-refractivity contribution in [3.05, 3.63) is 99.3 Å². The molecule has 1 aliphatic rings. The number of amides is 1. The van der Waals surface area contributed by atoms with Crippen LogP contribution in [0.1, 0.15) is 17.2 Å². The minimum atomic E-state index is -1.05. The average Bonchev–Trinajstić information content (AvgIpc) is 3.06. The van der Waals surface area contributed by atoms with Crippen LogP contribution in [0.2, 0.25) is 10.0 Å². The first-order chi connectivity index (χ1) is 15.3. The van der Waals surface area contributed by atoms with E-state index in [1.165, 1.54) is 37.4 Å². The van der Waals surface area contributed by atoms with Gasteiger partial charge < -0.3 is 9.84 Å². The first-order valence-corrected chi connectivity index (χ1v) is 10.2. The van der Waals surface area contributed by atoms with E-state index >= 15 is 0 Å². The molecule has 1 aliphatic heterocycles. The van der Waals surface area contributed by atoms with Crippen LogP contribution < -0.4 is 9.64 Å². The number of aliphatic hydroxyl groups is 1. The zero-order valence-electron chi connectivity index (χ0n) is 16.7. The van der Waals surface area contributed by atoms with Crippen molar-refractivity contribution in [3.63, 3.8) is 0 Å². The molecule has 1 atom stereocenters. The molecular formula is C24H16Cl2FNO4. The molecule has 3 aromatic rings. The molecular weight excluding hydrogens is 456 g/mol. The predicted molar refractivity (Wildman–Crippen MR) is 121 cm³/mol. The quantitative estimate of drug-likeness (QED) is 0.298. The molecule has 1 saturated heterocycles. The molecule has 1 amide bonds. The SMILES string of the molecule is COc1ccc(/C(O)=C2/C(=O)C(=O)N(c3cccc(F)c3)C2c2ccc(Cl)c(Cl)c2)cc1. The maximum Gasteiger partial charge on any atom is 0.300 e. The lowest BCUT2D eigenvalue weighted by Gasteiger charge is -2.25. The molecule has 1 heterocycles. The summed E-state index contributed by atoms with van der Waals surface area (Å²) in [7, 11) is 1.50. The van der Waals surface area contributed by atoms with Crippen molar-refractivity contribution in [3.8, 4) is 5.75 Å². The van der Waals surface area contributed by atoms with E-state index in [-0.39, 0.29) is 27.1 Å². The second kappa shape index (κ2) is 8.65. The minimum absolute atomic E-state index is 0.150. The molecule has 0 aliphatic carbocycles. The maximum atomic E-state index is 13.9. The molecule has 1 unspecified atom stereocenters. The van der Waals surface area contributed by atoms with Gasteiger partial charge in [-0.05, 0) is 60.2 Å². The largest absolute Gasteiger partial charge is 0.507 e. The van der Waals surface area contributed by atoms with Gasteiger partial charge in [0.05, 0.1) is 28.8 Å². The van der Waals surface area contributed by atoms with Gasteiger partial charge in [0.25, 0.3) is 11.7 Å². The lowest BCUT2D eigenvalue weighted by Crippen LogP contribution is -2.29. The van der Waals surface area contributed by atoms with Crippen LogP contribution in [0.3, 0.4) is 0 Å². The predicted octanol–water partition coefficient (Wildman–Crippen LogP) is 5.77. The number of anilines is 1. The van der Waals surface area contributed by atoms with Gasteiger partial charge in [0.15, 0.2) is 0 Å². The van der Waals surface area contributed by atoms with Crippen molar-refractivity contribution in [2.75, 3.05) is 12.0 Å². The summed E-state index contributed by atoms with van der Waals surface area (Å²) in [5, 5.41) is 11.5. The Kier molecular flexibility index (Phi) is 5.91. The highest BCUT2D eigenvalue weighted by Gasteiger charge is 2.47. The van der Waals surface area contributed by atoms with Gasteiger partial charge >= 0.3 is 0 Å². The second-order valence-corrected chi connectivity index (χ2v) is 7.87. The molecule has 0 saturated carbocycles. The molecule has 0 radical (unpaired) electrons. The van der Waals surface area contributed by atoms with Crippen LogP contribution >= 0.6 is 23.2 Å². The summed E-state index contributed by atoms with van der Waals surface area (Å²) in [4.78, 5) is 27.2. The van der Waals surface area contributed by atoms with Crippen LogP contribution in [0.15, 0.2) is 72.3 Å². The van der Waals surface area contributed by atoms with E-state index in [4.69, 9.17) is 27.9 Å². The van der Waals surface area contributed by atoms with Crippen molar-refractivity contribution in [2.24, 2.45) is 0 Å². The molecule has 8 heteroatoms.